The van der Waals surface area contributed by atoms with Crippen molar-refractivity contribution in [3.8, 4) is 0 Å². The molecule has 17 heavy (non-hydrogen) atoms. The molecule has 0 N–H and O–H groups in total. The fraction of sp³-hybridized carbons (Fsp3) is 0.364. The Kier molecular flexibility index (Phi) is 3.10. The van der Waals surface area contributed by atoms with Crippen molar-refractivity contribution in [3.05, 3.63) is 33.6 Å². The molecule has 2 rings (SSSR count). The third kappa shape index (κ3) is 1.81. The minimum absolute atomic E-state index is 0.182. The van der Waals surface area contributed by atoms with Gasteiger partial charge < -0.3 is 0 Å². The van der Waals surface area contributed by atoms with Crippen LogP contribution >= 0.6 is 15.9 Å². The molecule has 1 aromatic rings. The van der Waals surface area contributed by atoms with Gasteiger partial charge in [-0.25, -0.2) is 18.0 Å². The molecule has 1 saturated carbocycles. The second-order valence-electron chi connectivity index (χ2n) is 3.93. The Morgan fingerprint density at radius 1 is 1.29 bits per heavy atom. The second kappa shape index (κ2) is 4.27. The highest BCUT2D eigenvalue weighted by Gasteiger charge is 2.44. The molecular formula is C11H7BrF3NO. The summed E-state index contributed by atoms with van der Waals surface area (Å²) in [6.07, 6.45) is 2.61. The first-order valence-electron chi connectivity index (χ1n) is 4.94. The van der Waals surface area contributed by atoms with Gasteiger partial charge >= 0.3 is 0 Å². The molecule has 1 fully saturated rings. The average Bonchev–Trinajstić information content (AvgIpc) is 2.23. The average molecular weight is 306 g/mol. The van der Waals surface area contributed by atoms with Crippen molar-refractivity contribution < 1.29 is 18.0 Å². The monoisotopic (exact) mass is 305 g/mol. The van der Waals surface area contributed by atoms with E-state index in [9.17, 15) is 18.0 Å². The first-order valence-corrected chi connectivity index (χ1v) is 5.73. The number of hydrogen-bond acceptors (Lipinski definition) is 2. The highest BCUT2D eigenvalue weighted by molar-refractivity contribution is 9.10. The van der Waals surface area contributed by atoms with Gasteiger partial charge in [0.15, 0.2) is 11.6 Å². The predicted molar refractivity (Wildman–Crippen MR) is 57.7 cm³/mol. The number of isocyanates is 1. The maximum absolute atomic E-state index is 13.8. The van der Waals surface area contributed by atoms with Gasteiger partial charge in [-0.05, 0) is 41.3 Å². The van der Waals surface area contributed by atoms with Crippen LogP contribution in [0.1, 0.15) is 24.8 Å². The summed E-state index contributed by atoms with van der Waals surface area (Å²) < 4.78 is 40.6. The summed E-state index contributed by atoms with van der Waals surface area (Å²) in [5.41, 5.74) is -1.78. The quantitative estimate of drug-likeness (QED) is 0.466. The van der Waals surface area contributed by atoms with Crippen molar-refractivity contribution in [2.24, 2.45) is 4.99 Å². The molecule has 90 valence electrons. The molecule has 0 heterocycles. The van der Waals surface area contributed by atoms with E-state index in [1.54, 1.807) is 0 Å². The van der Waals surface area contributed by atoms with Crippen molar-refractivity contribution in [1.82, 2.24) is 0 Å². The zero-order valence-corrected chi connectivity index (χ0v) is 10.2. The van der Waals surface area contributed by atoms with Gasteiger partial charge in [-0.1, -0.05) is 0 Å². The molecule has 0 unspecified atom stereocenters. The van der Waals surface area contributed by atoms with E-state index >= 15 is 0 Å². The number of hydrogen-bond donors (Lipinski definition) is 0. The summed E-state index contributed by atoms with van der Waals surface area (Å²) in [6, 6.07) is 0.713. The molecule has 0 aliphatic heterocycles. The number of benzene rings is 1. The fourth-order valence-corrected chi connectivity index (χ4v) is 2.40. The predicted octanol–water partition coefficient (Wildman–Crippen LogP) is 3.58. The number of rotatable bonds is 2. The zero-order chi connectivity index (χ0) is 12.6. The van der Waals surface area contributed by atoms with E-state index in [0.29, 0.717) is 25.3 Å². The lowest BCUT2D eigenvalue weighted by Crippen LogP contribution is -2.34. The van der Waals surface area contributed by atoms with Crippen LogP contribution in [0.2, 0.25) is 0 Å². The van der Waals surface area contributed by atoms with Crippen LogP contribution in [-0.2, 0) is 10.3 Å². The Morgan fingerprint density at radius 3 is 2.41 bits per heavy atom. The minimum atomic E-state index is -1.29. The van der Waals surface area contributed by atoms with Crippen LogP contribution in [-0.4, -0.2) is 6.08 Å². The maximum atomic E-state index is 13.8. The number of carbonyl (C=O) groups excluding carboxylic acids is 1. The Hall–Kier alpha value is -1.13. The Balaban J connectivity index is 2.69. The van der Waals surface area contributed by atoms with E-state index in [1.165, 1.54) is 6.08 Å². The molecule has 0 saturated heterocycles. The van der Waals surface area contributed by atoms with Crippen LogP contribution in [0, 0.1) is 17.5 Å². The van der Waals surface area contributed by atoms with Gasteiger partial charge in [0.2, 0.25) is 6.08 Å². The third-order valence-corrected chi connectivity index (χ3v) is 3.59. The lowest BCUT2D eigenvalue weighted by atomic mass is 9.72. The summed E-state index contributed by atoms with van der Waals surface area (Å²) >= 11 is 2.81. The smallest absolute Gasteiger partial charge is 0.211 e. The van der Waals surface area contributed by atoms with E-state index in [0.717, 1.165) is 0 Å². The van der Waals surface area contributed by atoms with Crippen molar-refractivity contribution in [3.63, 3.8) is 0 Å². The largest absolute Gasteiger partial charge is 0.235 e. The second-order valence-corrected chi connectivity index (χ2v) is 4.79. The molecule has 1 aliphatic carbocycles. The Morgan fingerprint density at radius 2 is 1.94 bits per heavy atom. The molecule has 0 atom stereocenters. The fourth-order valence-electron chi connectivity index (χ4n) is 2.00. The third-order valence-electron chi connectivity index (χ3n) is 3.02. The van der Waals surface area contributed by atoms with Gasteiger partial charge in [0.25, 0.3) is 0 Å². The summed E-state index contributed by atoms with van der Waals surface area (Å²) in [7, 11) is 0. The van der Waals surface area contributed by atoms with Crippen LogP contribution in [0.4, 0.5) is 13.2 Å². The van der Waals surface area contributed by atoms with E-state index < -0.39 is 28.6 Å². The van der Waals surface area contributed by atoms with Crippen LogP contribution in [0.3, 0.4) is 0 Å². The van der Waals surface area contributed by atoms with E-state index in [1.807, 2.05) is 0 Å². The maximum Gasteiger partial charge on any atom is 0.235 e. The molecular weight excluding hydrogens is 299 g/mol. The minimum Gasteiger partial charge on any atom is -0.211 e. The molecule has 0 bridgehead atoms. The van der Waals surface area contributed by atoms with Crippen molar-refractivity contribution in [1.29, 1.82) is 0 Å². The summed E-state index contributed by atoms with van der Waals surface area (Å²) in [6.45, 7) is 0. The van der Waals surface area contributed by atoms with Crippen molar-refractivity contribution in [2.45, 2.75) is 24.8 Å². The standard InChI is InChI=1S/C11H7BrF3NO/c12-6-4-7(13)10(15)8(9(6)14)11(16-5-17)2-1-3-11/h4H,1-3H2. The number of aliphatic imine (C=N–C) groups is 1. The van der Waals surface area contributed by atoms with Crippen molar-refractivity contribution >= 4 is 22.0 Å². The van der Waals surface area contributed by atoms with Crippen LogP contribution in [0.15, 0.2) is 15.5 Å². The Bertz CT molecular complexity index is 496. The van der Waals surface area contributed by atoms with E-state index in [2.05, 4.69) is 20.9 Å². The van der Waals surface area contributed by atoms with Crippen LogP contribution in [0.5, 0.6) is 0 Å². The molecule has 1 aromatic carbocycles. The van der Waals surface area contributed by atoms with Gasteiger partial charge in [0.1, 0.15) is 11.4 Å². The highest BCUT2D eigenvalue weighted by Crippen LogP contribution is 2.47. The topological polar surface area (TPSA) is 29.4 Å². The normalized spacial score (nSPS) is 17.2. The van der Waals surface area contributed by atoms with Gasteiger partial charge in [0, 0.05) is 0 Å². The van der Waals surface area contributed by atoms with Gasteiger partial charge in [-0.2, -0.15) is 4.99 Å². The summed E-state index contributed by atoms with van der Waals surface area (Å²) in [5, 5.41) is 0. The van der Waals surface area contributed by atoms with Crippen LogP contribution in [0.25, 0.3) is 0 Å². The van der Waals surface area contributed by atoms with Gasteiger partial charge in [-0.3, -0.25) is 0 Å². The SMILES string of the molecule is O=C=NC1(c2c(F)c(F)cc(Br)c2F)CCC1. The molecule has 0 aromatic heterocycles. The molecule has 1 aliphatic rings. The first kappa shape index (κ1) is 12.3. The zero-order valence-electron chi connectivity index (χ0n) is 8.57. The number of halogens is 4. The molecule has 0 amide bonds. The molecule has 6 heteroatoms. The van der Waals surface area contributed by atoms with E-state index in [-0.39, 0.29) is 4.47 Å². The van der Waals surface area contributed by atoms with E-state index in [4.69, 9.17) is 0 Å². The highest BCUT2D eigenvalue weighted by atomic mass is 79.9. The Labute approximate surface area is 104 Å². The summed E-state index contributed by atoms with van der Waals surface area (Å²) in [5.74, 6) is -3.37. The molecule has 0 spiro atoms. The molecule has 0 radical (unpaired) electrons. The first-order chi connectivity index (χ1) is 8.02. The van der Waals surface area contributed by atoms with Gasteiger partial charge in [-0.15, -0.1) is 0 Å². The molecule has 2 nitrogen and oxygen atoms in total. The lowest BCUT2D eigenvalue weighted by molar-refractivity contribution is 0.235. The van der Waals surface area contributed by atoms with Crippen LogP contribution < -0.4 is 0 Å². The van der Waals surface area contributed by atoms with Crippen molar-refractivity contribution in [2.75, 3.05) is 0 Å². The number of nitrogens with zero attached hydrogens (tertiary/aromatic N) is 1. The summed E-state index contributed by atoms with van der Waals surface area (Å²) in [4.78, 5) is 13.8. The van der Waals surface area contributed by atoms with Gasteiger partial charge in [0.05, 0.1) is 10.0 Å². The lowest BCUT2D eigenvalue weighted by Gasteiger charge is -2.37.